The van der Waals surface area contributed by atoms with Crippen molar-refractivity contribution in [3.8, 4) is 0 Å². The lowest BCUT2D eigenvalue weighted by Gasteiger charge is -2.30. The highest BCUT2D eigenvalue weighted by Crippen LogP contribution is 2.27. The molecule has 0 radical (unpaired) electrons. The van der Waals surface area contributed by atoms with E-state index in [1.165, 1.54) is 18.2 Å². The topological polar surface area (TPSA) is 71.1 Å². The number of amides is 2. The molecule has 1 aliphatic rings. The molecule has 194 valence electrons. The van der Waals surface area contributed by atoms with E-state index in [4.69, 9.17) is 9.47 Å². The number of benzene rings is 3. The maximum Gasteiger partial charge on any atom is 0.337 e. The van der Waals surface area contributed by atoms with Crippen LogP contribution in [0.1, 0.15) is 33.8 Å². The highest BCUT2D eigenvalue weighted by molar-refractivity contribution is 5.95. The molecule has 7 nitrogen and oxygen atoms in total. The SMILES string of the molecule is COC(=O)c1cccc(N(CCN2CCOCC2)C(=O)NCCC(c2ccccc2)c2ccccc2)c1. The second-order valence-corrected chi connectivity index (χ2v) is 9.04. The van der Waals surface area contributed by atoms with Crippen LogP contribution in [-0.2, 0) is 9.47 Å². The molecule has 0 spiro atoms. The van der Waals surface area contributed by atoms with Gasteiger partial charge >= 0.3 is 12.0 Å². The Labute approximate surface area is 219 Å². The van der Waals surface area contributed by atoms with E-state index in [1.54, 1.807) is 23.1 Å². The van der Waals surface area contributed by atoms with Crippen LogP contribution in [0, 0.1) is 0 Å². The fourth-order valence-electron chi connectivity index (χ4n) is 4.65. The van der Waals surface area contributed by atoms with Crippen molar-refractivity contribution in [2.75, 3.05) is 57.9 Å². The first-order valence-corrected chi connectivity index (χ1v) is 12.8. The van der Waals surface area contributed by atoms with Gasteiger partial charge in [0, 0.05) is 44.3 Å². The summed E-state index contributed by atoms with van der Waals surface area (Å²) in [5, 5.41) is 3.13. The summed E-state index contributed by atoms with van der Waals surface area (Å²) in [4.78, 5) is 29.6. The van der Waals surface area contributed by atoms with Crippen LogP contribution in [0.3, 0.4) is 0 Å². The maximum atomic E-state index is 13.5. The predicted octanol–water partition coefficient (Wildman–Crippen LogP) is 4.54. The average Bonchev–Trinajstić information content (AvgIpc) is 2.96. The van der Waals surface area contributed by atoms with Gasteiger partial charge in [-0.3, -0.25) is 9.80 Å². The molecule has 7 heteroatoms. The molecular formula is C30H35N3O4. The molecule has 1 aliphatic heterocycles. The lowest BCUT2D eigenvalue weighted by molar-refractivity contribution is 0.0393. The lowest BCUT2D eigenvalue weighted by atomic mass is 9.88. The van der Waals surface area contributed by atoms with E-state index < -0.39 is 5.97 Å². The second kappa shape index (κ2) is 13.6. The van der Waals surface area contributed by atoms with Crippen molar-refractivity contribution in [3.05, 3.63) is 102 Å². The van der Waals surface area contributed by atoms with Crippen molar-refractivity contribution < 1.29 is 19.1 Å². The number of carbonyl (C=O) groups is 2. The zero-order valence-corrected chi connectivity index (χ0v) is 21.3. The molecule has 3 aromatic carbocycles. The van der Waals surface area contributed by atoms with Crippen LogP contribution in [0.15, 0.2) is 84.9 Å². The smallest absolute Gasteiger partial charge is 0.337 e. The molecule has 0 saturated carbocycles. The van der Waals surface area contributed by atoms with E-state index in [2.05, 4.69) is 34.5 Å². The third-order valence-electron chi connectivity index (χ3n) is 6.68. The average molecular weight is 502 g/mol. The first kappa shape index (κ1) is 26.4. The van der Waals surface area contributed by atoms with E-state index >= 15 is 0 Å². The number of morpholine rings is 1. The number of carbonyl (C=O) groups excluding carboxylic acids is 2. The van der Waals surface area contributed by atoms with Gasteiger partial charge in [-0.25, -0.2) is 9.59 Å². The highest BCUT2D eigenvalue weighted by atomic mass is 16.5. The van der Waals surface area contributed by atoms with Crippen LogP contribution in [0.5, 0.6) is 0 Å². The van der Waals surface area contributed by atoms with E-state index in [0.717, 1.165) is 26.1 Å². The highest BCUT2D eigenvalue weighted by Gasteiger charge is 2.21. The summed E-state index contributed by atoms with van der Waals surface area (Å²) in [5.74, 6) is -0.254. The van der Waals surface area contributed by atoms with Gasteiger partial charge in [0.15, 0.2) is 0 Å². The van der Waals surface area contributed by atoms with E-state index in [1.807, 2.05) is 42.5 Å². The molecule has 1 heterocycles. The Morgan fingerprint density at radius 2 is 1.59 bits per heavy atom. The summed E-state index contributed by atoms with van der Waals surface area (Å²) in [6.45, 7) is 4.81. The molecule has 1 saturated heterocycles. The number of rotatable bonds is 10. The van der Waals surface area contributed by atoms with Crippen molar-refractivity contribution in [2.24, 2.45) is 0 Å². The molecule has 4 rings (SSSR count). The number of hydrogen-bond donors (Lipinski definition) is 1. The third-order valence-corrected chi connectivity index (χ3v) is 6.68. The van der Waals surface area contributed by atoms with Crippen molar-refractivity contribution >= 4 is 17.7 Å². The molecule has 1 fully saturated rings. The number of nitrogens with one attached hydrogen (secondary N) is 1. The Kier molecular flexibility index (Phi) is 9.68. The minimum atomic E-state index is -0.427. The summed E-state index contributed by atoms with van der Waals surface area (Å²) in [6, 6.07) is 27.6. The van der Waals surface area contributed by atoms with Gasteiger partial charge < -0.3 is 14.8 Å². The van der Waals surface area contributed by atoms with E-state index in [0.29, 0.717) is 37.6 Å². The van der Waals surface area contributed by atoms with Crippen LogP contribution in [-0.4, -0.2) is 69.9 Å². The molecule has 0 atom stereocenters. The van der Waals surface area contributed by atoms with Crippen molar-refractivity contribution in [1.82, 2.24) is 10.2 Å². The van der Waals surface area contributed by atoms with Gasteiger partial charge in [-0.1, -0.05) is 66.7 Å². The Balaban J connectivity index is 1.47. The maximum absolute atomic E-state index is 13.5. The largest absolute Gasteiger partial charge is 0.465 e. The van der Waals surface area contributed by atoms with Crippen LogP contribution < -0.4 is 10.2 Å². The molecule has 1 N–H and O–H groups in total. The van der Waals surface area contributed by atoms with Gasteiger partial charge in [-0.05, 0) is 35.7 Å². The first-order valence-electron chi connectivity index (χ1n) is 12.8. The molecule has 0 bridgehead atoms. The zero-order valence-electron chi connectivity index (χ0n) is 21.3. The monoisotopic (exact) mass is 501 g/mol. The molecular weight excluding hydrogens is 466 g/mol. The van der Waals surface area contributed by atoms with E-state index in [-0.39, 0.29) is 11.9 Å². The van der Waals surface area contributed by atoms with Gasteiger partial charge in [-0.15, -0.1) is 0 Å². The quantitative estimate of drug-likeness (QED) is 0.413. The Bertz CT molecular complexity index is 1090. The number of esters is 1. The van der Waals surface area contributed by atoms with Gasteiger partial charge in [0.1, 0.15) is 0 Å². The lowest BCUT2D eigenvalue weighted by Crippen LogP contribution is -2.46. The summed E-state index contributed by atoms with van der Waals surface area (Å²) < 4.78 is 10.3. The Morgan fingerprint density at radius 1 is 0.946 bits per heavy atom. The predicted molar refractivity (Wildman–Crippen MR) is 145 cm³/mol. The molecule has 0 unspecified atom stereocenters. The zero-order chi connectivity index (χ0) is 25.9. The summed E-state index contributed by atoms with van der Waals surface area (Å²) in [5.41, 5.74) is 3.52. The van der Waals surface area contributed by atoms with Crippen LogP contribution in [0.4, 0.5) is 10.5 Å². The van der Waals surface area contributed by atoms with Crippen LogP contribution in [0.2, 0.25) is 0 Å². The van der Waals surface area contributed by atoms with Crippen molar-refractivity contribution in [3.63, 3.8) is 0 Å². The van der Waals surface area contributed by atoms with Crippen molar-refractivity contribution in [2.45, 2.75) is 12.3 Å². The number of hydrogen-bond acceptors (Lipinski definition) is 5. The molecule has 2 amide bonds. The molecule has 3 aromatic rings. The first-order chi connectivity index (χ1) is 18.2. The number of urea groups is 1. The molecule has 0 aliphatic carbocycles. The number of anilines is 1. The summed E-state index contributed by atoms with van der Waals surface area (Å²) in [6.07, 6.45) is 0.763. The molecule has 37 heavy (non-hydrogen) atoms. The minimum absolute atomic E-state index is 0.173. The summed E-state index contributed by atoms with van der Waals surface area (Å²) in [7, 11) is 1.35. The number of ether oxygens (including phenoxy) is 2. The van der Waals surface area contributed by atoms with Crippen LogP contribution >= 0.6 is 0 Å². The Morgan fingerprint density at radius 3 is 2.22 bits per heavy atom. The summed E-state index contributed by atoms with van der Waals surface area (Å²) >= 11 is 0. The number of nitrogens with zero attached hydrogens (tertiary/aromatic N) is 2. The van der Waals surface area contributed by atoms with Gasteiger partial charge in [-0.2, -0.15) is 0 Å². The minimum Gasteiger partial charge on any atom is -0.465 e. The van der Waals surface area contributed by atoms with E-state index in [9.17, 15) is 9.59 Å². The fourth-order valence-corrected chi connectivity index (χ4v) is 4.65. The van der Waals surface area contributed by atoms with Crippen LogP contribution in [0.25, 0.3) is 0 Å². The Hall–Kier alpha value is -3.68. The number of methoxy groups -OCH3 is 1. The standard InChI is InChI=1S/C30H35N3O4/c1-36-29(34)26-13-8-14-27(23-26)33(18-17-32-19-21-37-22-20-32)30(35)31-16-15-28(24-9-4-2-5-10-24)25-11-6-3-7-12-25/h2-14,23,28H,15-22H2,1H3,(H,31,35). The molecule has 0 aromatic heterocycles. The normalized spacial score (nSPS) is 13.8. The van der Waals surface area contributed by atoms with Gasteiger partial charge in [0.05, 0.1) is 25.9 Å². The second-order valence-electron chi connectivity index (χ2n) is 9.04. The van der Waals surface area contributed by atoms with Gasteiger partial charge in [0.2, 0.25) is 0 Å². The third kappa shape index (κ3) is 7.41. The van der Waals surface area contributed by atoms with Crippen molar-refractivity contribution in [1.29, 1.82) is 0 Å². The fraction of sp³-hybridized carbons (Fsp3) is 0.333. The van der Waals surface area contributed by atoms with Gasteiger partial charge in [0.25, 0.3) is 0 Å².